The van der Waals surface area contributed by atoms with Gasteiger partial charge in [0.15, 0.2) is 0 Å². The van der Waals surface area contributed by atoms with Gasteiger partial charge in [-0.05, 0) is 19.3 Å². The van der Waals surface area contributed by atoms with E-state index in [0.29, 0.717) is 13.0 Å². The Morgan fingerprint density at radius 3 is 2.56 bits per heavy atom. The number of ether oxygens (including phenoxy) is 2. The van der Waals surface area contributed by atoms with Crippen LogP contribution in [0.15, 0.2) is 0 Å². The molecule has 1 unspecified atom stereocenters. The van der Waals surface area contributed by atoms with E-state index in [1.54, 1.807) is 0 Å². The molecule has 0 aromatic carbocycles. The third-order valence-corrected chi connectivity index (χ3v) is 3.44. The van der Waals surface area contributed by atoms with Gasteiger partial charge in [-0.15, -0.1) is 0 Å². The highest BCUT2D eigenvalue weighted by Gasteiger charge is 2.17. The molecular formula is C15H28O3. The maximum atomic E-state index is 11.5. The highest BCUT2D eigenvalue weighted by Crippen LogP contribution is 2.13. The first-order valence-corrected chi connectivity index (χ1v) is 7.60. The van der Waals surface area contributed by atoms with Crippen molar-refractivity contribution in [1.82, 2.24) is 0 Å². The van der Waals surface area contributed by atoms with Crippen LogP contribution in [0.1, 0.15) is 71.1 Å². The molecular weight excluding hydrogens is 228 g/mol. The molecule has 18 heavy (non-hydrogen) atoms. The predicted octanol–water partition coefficient (Wildman–Crippen LogP) is 3.85. The van der Waals surface area contributed by atoms with Crippen LogP contribution in [0.5, 0.6) is 0 Å². The van der Waals surface area contributed by atoms with E-state index in [0.717, 1.165) is 32.3 Å². The van der Waals surface area contributed by atoms with Gasteiger partial charge in [-0.25, -0.2) is 0 Å². The second-order valence-electron chi connectivity index (χ2n) is 5.19. The minimum atomic E-state index is -0.0564. The van der Waals surface area contributed by atoms with E-state index in [2.05, 4.69) is 6.92 Å². The summed E-state index contributed by atoms with van der Waals surface area (Å²) in [6, 6.07) is 0. The quantitative estimate of drug-likeness (QED) is 0.440. The van der Waals surface area contributed by atoms with Crippen LogP contribution in [0.2, 0.25) is 0 Å². The average molecular weight is 256 g/mol. The van der Waals surface area contributed by atoms with Gasteiger partial charge in [0.1, 0.15) is 6.61 Å². The molecule has 1 aliphatic heterocycles. The molecule has 1 fully saturated rings. The molecule has 1 heterocycles. The van der Waals surface area contributed by atoms with Crippen LogP contribution in [-0.2, 0) is 14.3 Å². The minimum absolute atomic E-state index is 0.0564. The Bertz CT molecular complexity index is 210. The van der Waals surface area contributed by atoms with Gasteiger partial charge in [0.25, 0.3) is 0 Å². The molecule has 0 radical (unpaired) electrons. The van der Waals surface area contributed by atoms with Crippen molar-refractivity contribution in [3.63, 3.8) is 0 Å². The van der Waals surface area contributed by atoms with Gasteiger partial charge < -0.3 is 9.47 Å². The van der Waals surface area contributed by atoms with Crippen molar-refractivity contribution >= 4 is 5.97 Å². The molecule has 1 rings (SSSR count). The second kappa shape index (κ2) is 10.4. The van der Waals surface area contributed by atoms with Gasteiger partial charge in [-0.2, -0.15) is 0 Å². The number of hydrogen-bond acceptors (Lipinski definition) is 3. The van der Waals surface area contributed by atoms with Crippen molar-refractivity contribution < 1.29 is 14.3 Å². The summed E-state index contributed by atoms with van der Waals surface area (Å²) in [5, 5.41) is 0. The molecule has 0 saturated carbocycles. The largest absolute Gasteiger partial charge is 0.463 e. The maximum absolute atomic E-state index is 11.5. The lowest BCUT2D eigenvalue weighted by Crippen LogP contribution is -2.17. The Morgan fingerprint density at radius 1 is 1.17 bits per heavy atom. The number of rotatable bonds is 10. The molecule has 3 nitrogen and oxygen atoms in total. The first-order chi connectivity index (χ1) is 8.83. The lowest BCUT2D eigenvalue weighted by molar-refractivity contribution is -0.147. The first kappa shape index (κ1) is 15.5. The van der Waals surface area contributed by atoms with E-state index >= 15 is 0 Å². The molecule has 1 aliphatic rings. The number of carbonyl (C=O) groups is 1. The summed E-state index contributed by atoms with van der Waals surface area (Å²) in [6.07, 6.45) is 11.5. The van der Waals surface area contributed by atoms with Crippen LogP contribution in [0.3, 0.4) is 0 Å². The molecule has 0 aromatic heterocycles. The Hall–Kier alpha value is -0.570. The smallest absolute Gasteiger partial charge is 0.305 e. The van der Waals surface area contributed by atoms with E-state index in [-0.39, 0.29) is 12.1 Å². The third kappa shape index (κ3) is 7.70. The monoisotopic (exact) mass is 256 g/mol. The number of unbranched alkanes of at least 4 members (excludes halogenated alkanes) is 6. The van der Waals surface area contributed by atoms with E-state index in [4.69, 9.17) is 9.47 Å². The van der Waals surface area contributed by atoms with Crippen molar-refractivity contribution in [3.05, 3.63) is 0 Å². The maximum Gasteiger partial charge on any atom is 0.305 e. The third-order valence-electron chi connectivity index (χ3n) is 3.44. The van der Waals surface area contributed by atoms with Crippen LogP contribution in [0.4, 0.5) is 0 Å². The number of hydrogen-bond donors (Lipinski definition) is 0. The summed E-state index contributed by atoms with van der Waals surface area (Å²) < 4.78 is 10.6. The minimum Gasteiger partial charge on any atom is -0.463 e. The molecule has 106 valence electrons. The van der Waals surface area contributed by atoms with Gasteiger partial charge in [0.05, 0.1) is 6.10 Å². The SMILES string of the molecule is CCCCCCCCCC(=O)OCC1CCCO1. The molecule has 0 bridgehead atoms. The Labute approximate surface area is 111 Å². The number of esters is 1. The highest BCUT2D eigenvalue weighted by molar-refractivity contribution is 5.69. The summed E-state index contributed by atoms with van der Waals surface area (Å²) in [4.78, 5) is 11.5. The van der Waals surface area contributed by atoms with Crippen LogP contribution in [-0.4, -0.2) is 25.3 Å². The van der Waals surface area contributed by atoms with Crippen molar-refractivity contribution in [2.75, 3.05) is 13.2 Å². The van der Waals surface area contributed by atoms with E-state index in [1.165, 1.54) is 32.1 Å². The molecule has 0 amide bonds. The van der Waals surface area contributed by atoms with Crippen molar-refractivity contribution in [1.29, 1.82) is 0 Å². The molecule has 0 spiro atoms. The zero-order chi connectivity index (χ0) is 13.1. The second-order valence-corrected chi connectivity index (χ2v) is 5.19. The molecule has 0 N–H and O–H groups in total. The predicted molar refractivity (Wildman–Crippen MR) is 72.5 cm³/mol. The summed E-state index contributed by atoms with van der Waals surface area (Å²) in [5.41, 5.74) is 0. The zero-order valence-electron chi connectivity index (χ0n) is 11.8. The fourth-order valence-electron chi connectivity index (χ4n) is 2.26. The van der Waals surface area contributed by atoms with E-state index in [9.17, 15) is 4.79 Å². The fourth-order valence-corrected chi connectivity index (χ4v) is 2.26. The van der Waals surface area contributed by atoms with Gasteiger partial charge in [0, 0.05) is 13.0 Å². The normalized spacial score (nSPS) is 19.1. The molecule has 0 aliphatic carbocycles. The van der Waals surface area contributed by atoms with Crippen molar-refractivity contribution in [2.24, 2.45) is 0 Å². The Morgan fingerprint density at radius 2 is 1.89 bits per heavy atom. The Balaban J connectivity index is 1.84. The molecule has 1 atom stereocenters. The van der Waals surface area contributed by atoms with Crippen molar-refractivity contribution in [2.45, 2.75) is 77.2 Å². The van der Waals surface area contributed by atoms with Crippen molar-refractivity contribution in [3.8, 4) is 0 Å². The first-order valence-electron chi connectivity index (χ1n) is 7.60. The highest BCUT2D eigenvalue weighted by atomic mass is 16.6. The van der Waals surface area contributed by atoms with E-state index < -0.39 is 0 Å². The zero-order valence-corrected chi connectivity index (χ0v) is 11.8. The fraction of sp³-hybridized carbons (Fsp3) is 0.933. The standard InChI is InChI=1S/C15H28O3/c1-2-3-4-5-6-7-8-11-15(16)18-13-14-10-9-12-17-14/h14H,2-13H2,1H3. The van der Waals surface area contributed by atoms with Gasteiger partial charge in [-0.3, -0.25) is 4.79 Å². The van der Waals surface area contributed by atoms with Crippen LogP contribution < -0.4 is 0 Å². The lowest BCUT2D eigenvalue weighted by atomic mass is 10.1. The summed E-state index contributed by atoms with van der Waals surface area (Å²) in [5.74, 6) is -0.0564. The number of carbonyl (C=O) groups excluding carboxylic acids is 1. The molecule has 1 saturated heterocycles. The van der Waals surface area contributed by atoms with Gasteiger partial charge in [0.2, 0.25) is 0 Å². The summed E-state index contributed by atoms with van der Waals surface area (Å²) in [6.45, 7) is 3.50. The van der Waals surface area contributed by atoms with Gasteiger partial charge >= 0.3 is 5.97 Å². The molecule has 0 aromatic rings. The lowest BCUT2D eigenvalue weighted by Gasteiger charge is -2.09. The average Bonchev–Trinajstić information content (AvgIpc) is 2.88. The molecule has 3 heteroatoms. The van der Waals surface area contributed by atoms with Crippen LogP contribution in [0.25, 0.3) is 0 Å². The summed E-state index contributed by atoms with van der Waals surface area (Å²) >= 11 is 0. The Kier molecular flexibility index (Phi) is 8.92. The topological polar surface area (TPSA) is 35.5 Å². The van der Waals surface area contributed by atoms with Gasteiger partial charge in [-0.1, -0.05) is 45.4 Å². The van der Waals surface area contributed by atoms with Crippen LogP contribution in [0, 0.1) is 0 Å². The van der Waals surface area contributed by atoms with E-state index in [1.807, 2.05) is 0 Å². The van der Waals surface area contributed by atoms with Crippen LogP contribution >= 0.6 is 0 Å². The summed E-state index contributed by atoms with van der Waals surface area (Å²) in [7, 11) is 0.